The minimum absolute atomic E-state index is 0.575. The summed E-state index contributed by atoms with van der Waals surface area (Å²) >= 11 is 6.92. The van der Waals surface area contributed by atoms with E-state index >= 15 is 0 Å². The molecule has 0 unspecified atom stereocenters. The molecule has 1 aromatic heterocycles. The van der Waals surface area contributed by atoms with Crippen molar-refractivity contribution in [3.05, 3.63) is 22.8 Å². The number of pyridine rings is 1. The Bertz CT molecular complexity index is 296. The van der Waals surface area contributed by atoms with Gasteiger partial charge in [0.2, 0.25) is 0 Å². The summed E-state index contributed by atoms with van der Waals surface area (Å²) in [6.07, 6.45) is 4.17. The molecule has 0 aliphatic heterocycles. The van der Waals surface area contributed by atoms with Gasteiger partial charge in [-0.2, -0.15) is 0 Å². The van der Waals surface area contributed by atoms with Crippen molar-refractivity contribution in [1.29, 1.82) is 0 Å². The largest absolute Gasteiger partial charge is 0.353 e. The Balaban J connectivity index is 2.87. The van der Waals surface area contributed by atoms with Crippen LogP contribution in [0.3, 0.4) is 0 Å². The summed E-state index contributed by atoms with van der Waals surface area (Å²) in [4.78, 5) is 6.85. The molecule has 0 amide bonds. The molecule has 16 heavy (non-hydrogen) atoms. The Morgan fingerprint density at radius 3 is 2.44 bits per heavy atom. The molecular formula is C12H18Br2N2. The van der Waals surface area contributed by atoms with Crippen molar-refractivity contribution in [2.45, 2.75) is 32.7 Å². The van der Waals surface area contributed by atoms with Gasteiger partial charge in [0.25, 0.3) is 0 Å². The van der Waals surface area contributed by atoms with E-state index in [2.05, 4.69) is 61.7 Å². The van der Waals surface area contributed by atoms with Crippen LogP contribution < -0.4 is 4.90 Å². The first kappa shape index (κ1) is 14.0. The number of nitrogens with zero attached hydrogens (tertiary/aromatic N) is 2. The van der Waals surface area contributed by atoms with Crippen molar-refractivity contribution >= 4 is 37.7 Å². The second-order valence-electron chi connectivity index (χ2n) is 3.69. The normalized spacial score (nSPS) is 10.8. The van der Waals surface area contributed by atoms with Crippen LogP contribution in [0.1, 0.15) is 26.7 Å². The molecule has 1 aromatic rings. The van der Waals surface area contributed by atoms with E-state index in [4.69, 9.17) is 0 Å². The maximum absolute atomic E-state index is 4.47. The molecule has 1 rings (SSSR count). The molecule has 0 aromatic carbocycles. The molecule has 0 bridgehead atoms. The van der Waals surface area contributed by atoms with Crippen LogP contribution in [0.5, 0.6) is 0 Å². The highest BCUT2D eigenvalue weighted by molar-refractivity contribution is 9.10. The topological polar surface area (TPSA) is 16.1 Å². The highest BCUT2D eigenvalue weighted by atomic mass is 79.9. The van der Waals surface area contributed by atoms with Crippen LogP contribution >= 0.6 is 31.9 Å². The van der Waals surface area contributed by atoms with Crippen LogP contribution in [-0.4, -0.2) is 22.9 Å². The summed E-state index contributed by atoms with van der Waals surface area (Å²) in [5, 5.41) is 0.973. The summed E-state index contributed by atoms with van der Waals surface area (Å²) in [6.45, 7) is 5.46. The average Bonchev–Trinajstić information content (AvgIpc) is 2.31. The summed E-state index contributed by atoms with van der Waals surface area (Å²) in [7, 11) is 0. The lowest BCUT2D eigenvalue weighted by Crippen LogP contribution is -2.36. The number of hydrogen-bond donors (Lipinski definition) is 0. The third kappa shape index (κ3) is 3.74. The lowest BCUT2D eigenvalue weighted by Gasteiger charge is -2.31. The molecular weight excluding hydrogens is 332 g/mol. The van der Waals surface area contributed by atoms with E-state index in [0.717, 1.165) is 35.0 Å². The van der Waals surface area contributed by atoms with E-state index < -0.39 is 0 Å². The minimum atomic E-state index is 0.575. The first-order valence-corrected chi connectivity index (χ1v) is 7.58. The molecule has 4 heteroatoms. The number of halogens is 2. The summed E-state index contributed by atoms with van der Waals surface area (Å²) < 4.78 is 1.03. The first-order chi connectivity index (χ1) is 7.72. The Labute approximate surface area is 115 Å². The number of anilines is 1. The Hall–Kier alpha value is -0.0900. The van der Waals surface area contributed by atoms with Gasteiger partial charge in [-0.1, -0.05) is 29.8 Å². The highest BCUT2D eigenvalue weighted by Crippen LogP contribution is 2.20. The van der Waals surface area contributed by atoms with Gasteiger partial charge in [-0.3, -0.25) is 0 Å². The highest BCUT2D eigenvalue weighted by Gasteiger charge is 2.15. The SMILES string of the molecule is CCC(CC)N(CCBr)c1ccc(Br)cn1. The zero-order valence-electron chi connectivity index (χ0n) is 9.79. The molecule has 0 aliphatic rings. The molecule has 0 N–H and O–H groups in total. The monoisotopic (exact) mass is 348 g/mol. The Kier molecular flexibility index (Phi) is 6.36. The van der Waals surface area contributed by atoms with Gasteiger partial charge in [-0.05, 0) is 40.9 Å². The quantitative estimate of drug-likeness (QED) is 0.714. The van der Waals surface area contributed by atoms with E-state index in [0.29, 0.717) is 6.04 Å². The molecule has 0 saturated heterocycles. The smallest absolute Gasteiger partial charge is 0.128 e. The predicted molar refractivity (Wildman–Crippen MR) is 77.4 cm³/mol. The van der Waals surface area contributed by atoms with Crippen LogP contribution in [0, 0.1) is 0 Å². The van der Waals surface area contributed by atoms with Crippen LogP contribution in [0.2, 0.25) is 0 Å². The van der Waals surface area contributed by atoms with Crippen molar-refractivity contribution in [3.8, 4) is 0 Å². The summed E-state index contributed by atoms with van der Waals surface area (Å²) in [5.41, 5.74) is 0. The van der Waals surface area contributed by atoms with Crippen molar-refractivity contribution in [2.24, 2.45) is 0 Å². The van der Waals surface area contributed by atoms with E-state index in [1.807, 2.05) is 12.3 Å². The minimum Gasteiger partial charge on any atom is -0.353 e. The number of hydrogen-bond acceptors (Lipinski definition) is 2. The van der Waals surface area contributed by atoms with Crippen molar-refractivity contribution in [1.82, 2.24) is 4.98 Å². The van der Waals surface area contributed by atoms with Gasteiger partial charge in [0.1, 0.15) is 5.82 Å². The van der Waals surface area contributed by atoms with Gasteiger partial charge in [-0.25, -0.2) is 4.98 Å². The molecule has 0 aliphatic carbocycles. The van der Waals surface area contributed by atoms with Crippen LogP contribution in [0.25, 0.3) is 0 Å². The third-order valence-electron chi connectivity index (χ3n) is 2.71. The van der Waals surface area contributed by atoms with Crippen molar-refractivity contribution < 1.29 is 0 Å². The van der Waals surface area contributed by atoms with E-state index in [-0.39, 0.29) is 0 Å². The molecule has 90 valence electrons. The Morgan fingerprint density at radius 1 is 1.31 bits per heavy atom. The fraction of sp³-hybridized carbons (Fsp3) is 0.583. The van der Waals surface area contributed by atoms with Crippen LogP contribution in [-0.2, 0) is 0 Å². The van der Waals surface area contributed by atoms with E-state index in [1.165, 1.54) is 0 Å². The second-order valence-corrected chi connectivity index (χ2v) is 5.40. The molecule has 0 saturated carbocycles. The van der Waals surface area contributed by atoms with Gasteiger partial charge in [-0.15, -0.1) is 0 Å². The standard InChI is InChI=1S/C12H18Br2N2/c1-3-11(4-2)16(8-7-13)12-6-5-10(14)9-15-12/h5-6,9,11H,3-4,7-8H2,1-2H3. The van der Waals surface area contributed by atoms with Gasteiger partial charge < -0.3 is 4.90 Å². The number of alkyl halides is 1. The average molecular weight is 350 g/mol. The molecule has 0 radical (unpaired) electrons. The zero-order chi connectivity index (χ0) is 12.0. The fourth-order valence-electron chi connectivity index (χ4n) is 1.84. The van der Waals surface area contributed by atoms with Gasteiger partial charge >= 0.3 is 0 Å². The first-order valence-electron chi connectivity index (χ1n) is 5.67. The molecule has 1 heterocycles. The van der Waals surface area contributed by atoms with E-state index in [1.54, 1.807) is 0 Å². The maximum Gasteiger partial charge on any atom is 0.128 e. The van der Waals surface area contributed by atoms with Gasteiger partial charge in [0.15, 0.2) is 0 Å². The van der Waals surface area contributed by atoms with E-state index in [9.17, 15) is 0 Å². The molecule has 0 spiro atoms. The third-order valence-corrected chi connectivity index (χ3v) is 3.54. The lowest BCUT2D eigenvalue weighted by atomic mass is 10.1. The molecule has 0 atom stereocenters. The van der Waals surface area contributed by atoms with Crippen molar-refractivity contribution in [2.75, 3.05) is 16.8 Å². The fourth-order valence-corrected chi connectivity index (χ4v) is 2.46. The maximum atomic E-state index is 4.47. The van der Waals surface area contributed by atoms with Crippen molar-refractivity contribution in [3.63, 3.8) is 0 Å². The number of rotatable bonds is 6. The lowest BCUT2D eigenvalue weighted by molar-refractivity contribution is 0.564. The van der Waals surface area contributed by atoms with Gasteiger partial charge in [0, 0.05) is 28.6 Å². The van der Waals surface area contributed by atoms with Crippen LogP contribution in [0.4, 0.5) is 5.82 Å². The predicted octanol–water partition coefficient (Wildman–Crippen LogP) is 4.23. The zero-order valence-corrected chi connectivity index (χ0v) is 13.0. The Morgan fingerprint density at radius 2 is 2.00 bits per heavy atom. The van der Waals surface area contributed by atoms with Crippen LogP contribution in [0.15, 0.2) is 22.8 Å². The second kappa shape index (κ2) is 7.28. The molecule has 0 fully saturated rings. The summed E-state index contributed by atoms with van der Waals surface area (Å²) in [6, 6.07) is 4.70. The summed E-state index contributed by atoms with van der Waals surface area (Å²) in [5.74, 6) is 1.07. The van der Waals surface area contributed by atoms with Gasteiger partial charge in [0.05, 0.1) is 0 Å². The molecule has 2 nitrogen and oxygen atoms in total. The number of aromatic nitrogens is 1.